The lowest BCUT2D eigenvalue weighted by Crippen LogP contribution is -2.34. The summed E-state index contributed by atoms with van der Waals surface area (Å²) in [5.74, 6) is -1.02. The predicted molar refractivity (Wildman–Crippen MR) is 108 cm³/mol. The molecule has 0 aliphatic rings. The highest BCUT2D eigenvalue weighted by Crippen LogP contribution is 2.20. The molecule has 142 valence electrons. The minimum absolute atomic E-state index is 0.0415. The van der Waals surface area contributed by atoms with Gasteiger partial charge in [0.1, 0.15) is 5.15 Å². The second kappa shape index (κ2) is 9.15. The molecule has 0 spiro atoms. The zero-order valence-corrected chi connectivity index (χ0v) is 16.1. The minimum Gasteiger partial charge on any atom is -0.452 e. The quantitative estimate of drug-likeness (QED) is 0.458. The fraction of sp³-hybridized carbons (Fsp3) is 0.136. The number of aromatic nitrogens is 1. The Morgan fingerprint density at radius 1 is 1.04 bits per heavy atom. The molecular weight excluding hydrogens is 376 g/mol. The molecule has 28 heavy (non-hydrogen) atoms. The van der Waals surface area contributed by atoms with Crippen molar-refractivity contribution in [3.05, 3.63) is 94.8 Å². The topological polar surface area (TPSA) is 59.5 Å². The average molecular weight is 395 g/mol. The first-order valence-electron chi connectivity index (χ1n) is 8.73. The molecule has 0 atom stereocenters. The maximum Gasteiger partial charge on any atom is 0.341 e. The van der Waals surface area contributed by atoms with Gasteiger partial charge in [0.15, 0.2) is 6.61 Å². The number of halogens is 1. The van der Waals surface area contributed by atoms with Crippen LogP contribution in [0.4, 0.5) is 5.69 Å². The molecule has 0 radical (unpaired) electrons. The molecule has 0 aliphatic heterocycles. The Hall–Kier alpha value is -3.18. The van der Waals surface area contributed by atoms with Gasteiger partial charge in [-0.25, -0.2) is 9.78 Å². The molecule has 1 amide bonds. The Morgan fingerprint density at radius 2 is 1.82 bits per heavy atom. The number of aryl methyl sites for hydroxylation is 1. The summed E-state index contributed by atoms with van der Waals surface area (Å²) >= 11 is 5.91. The fourth-order valence-electron chi connectivity index (χ4n) is 2.71. The third-order valence-corrected chi connectivity index (χ3v) is 4.40. The molecule has 1 heterocycles. The largest absolute Gasteiger partial charge is 0.452 e. The Morgan fingerprint density at radius 3 is 2.54 bits per heavy atom. The van der Waals surface area contributed by atoms with Crippen LogP contribution in [0, 0.1) is 6.92 Å². The molecular formula is C22H19ClN2O3. The summed E-state index contributed by atoms with van der Waals surface area (Å²) in [5.41, 5.74) is 2.87. The van der Waals surface area contributed by atoms with Gasteiger partial charge in [0.2, 0.25) is 0 Å². The van der Waals surface area contributed by atoms with E-state index in [4.69, 9.17) is 16.3 Å². The van der Waals surface area contributed by atoms with Gasteiger partial charge in [-0.3, -0.25) is 4.79 Å². The summed E-state index contributed by atoms with van der Waals surface area (Å²) in [4.78, 5) is 30.5. The first-order valence-corrected chi connectivity index (χ1v) is 9.11. The highest BCUT2D eigenvalue weighted by atomic mass is 35.5. The Labute approximate surface area is 168 Å². The number of hydrogen-bond donors (Lipinski definition) is 0. The van der Waals surface area contributed by atoms with Crippen molar-refractivity contribution in [2.24, 2.45) is 0 Å². The van der Waals surface area contributed by atoms with Crippen molar-refractivity contribution in [2.45, 2.75) is 13.5 Å². The van der Waals surface area contributed by atoms with Crippen LogP contribution in [0.1, 0.15) is 21.5 Å². The molecule has 0 unspecified atom stereocenters. The molecule has 0 fully saturated rings. The monoisotopic (exact) mass is 394 g/mol. The highest BCUT2D eigenvalue weighted by Gasteiger charge is 2.20. The fourth-order valence-corrected chi connectivity index (χ4v) is 2.90. The van der Waals surface area contributed by atoms with Crippen LogP contribution < -0.4 is 4.90 Å². The second-order valence-corrected chi connectivity index (χ2v) is 6.58. The highest BCUT2D eigenvalue weighted by molar-refractivity contribution is 6.32. The molecule has 3 aromatic rings. The molecule has 0 N–H and O–H groups in total. The lowest BCUT2D eigenvalue weighted by Gasteiger charge is -2.23. The predicted octanol–water partition coefficient (Wildman–Crippen LogP) is 4.43. The number of pyridine rings is 1. The van der Waals surface area contributed by atoms with Gasteiger partial charge >= 0.3 is 5.97 Å². The van der Waals surface area contributed by atoms with Crippen LogP contribution in [0.3, 0.4) is 0 Å². The Balaban J connectivity index is 1.76. The maximum atomic E-state index is 12.9. The molecule has 6 heteroatoms. The van der Waals surface area contributed by atoms with Crippen molar-refractivity contribution in [1.82, 2.24) is 4.98 Å². The number of amides is 1. The number of anilines is 1. The first-order chi connectivity index (χ1) is 13.5. The van der Waals surface area contributed by atoms with Gasteiger partial charge in [-0.2, -0.15) is 0 Å². The van der Waals surface area contributed by atoms with Gasteiger partial charge < -0.3 is 9.64 Å². The van der Waals surface area contributed by atoms with Crippen LogP contribution in [0.15, 0.2) is 72.9 Å². The number of rotatable bonds is 6. The lowest BCUT2D eigenvalue weighted by molar-refractivity contribution is -0.121. The van der Waals surface area contributed by atoms with Gasteiger partial charge in [0.05, 0.1) is 12.1 Å². The second-order valence-electron chi connectivity index (χ2n) is 6.22. The summed E-state index contributed by atoms with van der Waals surface area (Å²) in [7, 11) is 0. The van der Waals surface area contributed by atoms with Crippen LogP contribution >= 0.6 is 11.6 Å². The van der Waals surface area contributed by atoms with E-state index in [0.29, 0.717) is 6.54 Å². The van der Waals surface area contributed by atoms with E-state index in [9.17, 15) is 9.59 Å². The number of hydrogen-bond acceptors (Lipinski definition) is 4. The molecule has 0 aliphatic carbocycles. The summed E-state index contributed by atoms with van der Waals surface area (Å²) in [6, 6.07) is 20.3. The average Bonchev–Trinajstić information content (AvgIpc) is 2.71. The summed E-state index contributed by atoms with van der Waals surface area (Å²) in [6.45, 7) is 1.93. The van der Waals surface area contributed by atoms with Crippen LogP contribution in [0.25, 0.3) is 0 Å². The molecule has 5 nitrogen and oxygen atoms in total. The van der Waals surface area contributed by atoms with E-state index >= 15 is 0 Å². The third-order valence-electron chi connectivity index (χ3n) is 4.10. The number of nitrogens with zero attached hydrogens (tertiary/aromatic N) is 2. The number of esters is 1. The Kier molecular flexibility index (Phi) is 6.40. The van der Waals surface area contributed by atoms with E-state index in [1.807, 2.05) is 61.5 Å². The van der Waals surface area contributed by atoms with Crippen LogP contribution in [0.5, 0.6) is 0 Å². The molecule has 3 rings (SSSR count). The van der Waals surface area contributed by atoms with E-state index in [2.05, 4.69) is 4.98 Å². The van der Waals surface area contributed by atoms with Gasteiger partial charge in [-0.15, -0.1) is 0 Å². The van der Waals surface area contributed by atoms with Gasteiger partial charge in [-0.05, 0) is 42.3 Å². The van der Waals surface area contributed by atoms with Gasteiger partial charge in [0, 0.05) is 11.9 Å². The van der Waals surface area contributed by atoms with Crippen molar-refractivity contribution in [2.75, 3.05) is 11.5 Å². The van der Waals surface area contributed by atoms with Crippen molar-refractivity contribution < 1.29 is 14.3 Å². The van der Waals surface area contributed by atoms with Crippen molar-refractivity contribution in [3.8, 4) is 0 Å². The van der Waals surface area contributed by atoms with Crippen LogP contribution in [-0.4, -0.2) is 23.5 Å². The zero-order valence-electron chi connectivity index (χ0n) is 15.3. The summed E-state index contributed by atoms with van der Waals surface area (Å²) < 4.78 is 5.19. The van der Waals surface area contributed by atoms with E-state index < -0.39 is 12.6 Å². The Bertz CT molecular complexity index is 976. The van der Waals surface area contributed by atoms with E-state index in [1.165, 1.54) is 12.3 Å². The molecule has 2 aromatic carbocycles. The normalized spacial score (nSPS) is 10.4. The number of carbonyl (C=O) groups excluding carboxylic acids is 2. The summed E-state index contributed by atoms with van der Waals surface area (Å²) in [6.07, 6.45) is 1.48. The van der Waals surface area contributed by atoms with Crippen molar-refractivity contribution >= 4 is 29.2 Å². The first kappa shape index (κ1) is 19.6. The number of ether oxygens (including phenoxy) is 1. The lowest BCUT2D eigenvalue weighted by atomic mass is 10.1. The number of carbonyl (C=O) groups is 2. The molecule has 0 bridgehead atoms. The molecule has 0 saturated heterocycles. The van der Waals surface area contributed by atoms with Gasteiger partial charge in [0.25, 0.3) is 5.91 Å². The van der Waals surface area contributed by atoms with Crippen LogP contribution in [0.2, 0.25) is 5.15 Å². The standard InChI is InChI=1S/C22H19ClN2O3/c1-16-7-5-10-18(13-16)25(14-17-8-3-2-4-9-17)20(26)15-28-22(27)19-11-6-12-24-21(19)23/h2-13H,14-15H2,1H3. The third kappa shape index (κ3) is 4.96. The smallest absolute Gasteiger partial charge is 0.341 e. The minimum atomic E-state index is -0.685. The zero-order chi connectivity index (χ0) is 19.9. The summed E-state index contributed by atoms with van der Waals surface area (Å²) in [5, 5.41) is 0.0415. The van der Waals surface area contributed by atoms with Gasteiger partial charge in [-0.1, -0.05) is 54.1 Å². The number of benzene rings is 2. The molecule has 0 saturated carbocycles. The van der Waals surface area contributed by atoms with E-state index in [0.717, 1.165) is 16.8 Å². The van der Waals surface area contributed by atoms with Crippen LogP contribution in [-0.2, 0) is 16.1 Å². The van der Waals surface area contributed by atoms with Crippen molar-refractivity contribution in [1.29, 1.82) is 0 Å². The van der Waals surface area contributed by atoms with E-state index in [1.54, 1.807) is 11.0 Å². The van der Waals surface area contributed by atoms with Crippen molar-refractivity contribution in [3.63, 3.8) is 0 Å². The maximum absolute atomic E-state index is 12.9. The SMILES string of the molecule is Cc1cccc(N(Cc2ccccc2)C(=O)COC(=O)c2cccnc2Cl)c1. The van der Waals surface area contributed by atoms with E-state index in [-0.39, 0.29) is 16.6 Å². The molecule has 1 aromatic heterocycles.